The molecule has 9 nitrogen and oxygen atoms in total. The van der Waals surface area contributed by atoms with Crippen molar-refractivity contribution in [3.8, 4) is 0 Å². The predicted octanol–water partition coefficient (Wildman–Crippen LogP) is 1.77. The molecule has 0 radical (unpaired) electrons. The van der Waals surface area contributed by atoms with Crippen molar-refractivity contribution in [3.05, 3.63) is 64.9 Å². The van der Waals surface area contributed by atoms with Crippen LogP contribution in [0.3, 0.4) is 0 Å². The number of nitrogens with zero attached hydrogens (tertiary/aromatic N) is 5. The molecule has 1 N–H and O–H groups in total. The van der Waals surface area contributed by atoms with Gasteiger partial charge in [0.2, 0.25) is 0 Å². The Morgan fingerprint density at radius 3 is 2.75 bits per heavy atom. The summed E-state index contributed by atoms with van der Waals surface area (Å²) in [5, 5.41) is 13.9. The Labute approximate surface area is 160 Å². The molecule has 1 amide bonds. The fraction of sp³-hybridized carbons (Fsp3) is 0.316. The van der Waals surface area contributed by atoms with Gasteiger partial charge in [-0.3, -0.25) is 14.5 Å². The minimum Gasteiger partial charge on any atom is -0.476 e. The number of amides is 1. The lowest BCUT2D eigenvalue weighted by molar-refractivity contribution is 0.0672. The highest BCUT2D eigenvalue weighted by atomic mass is 16.4. The summed E-state index contributed by atoms with van der Waals surface area (Å²) >= 11 is 0. The smallest absolute Gasteiger partial charge is 0.356 e. The van der Waals surface area contributed by atoms with Crippen molar-refractivity contribution >= 4 is 11.9 Å². The molecule has 0 saturated heterocycles. The molecular weight excluding hydrogens is 362 g/mol. The van der Waals surface area contributed by atoms with Gasteiger partial charge in [0.15, 0.2) is 17.8 Å². The lowest BCUT2D eigenvalue weighted by atomic mass is 10.0. The Bertz CT molecular complexity index is 1020. The summed E-state index contributed by atoms with van der Waals surface area (Å²) in [6.45, 7) is 2.98. The molecule has 0 aromatic carbocycles. The van der Waals surface area contributed by atoms with Crippen LogP contribution in [0.15, 0.2) is 35.3 Å². The van der Waals surface area contributed by atoms with Crippen LogP contribution in [0.25, 0.3) is 0 Å². The zero-order valence-corrected chi connectivity index (χ0v) is 15.3. The first-order valence-electron chi connectivity index (χ1n) is 9.00. The fourth-order valence-corrected chi connectivity index (χ4v) is 3.47. The van der Waals surface area contributed by atoms with Gasteiger partial charge in [0.05, 0.1) is 13.1 Å². The Morgan fingerprint density at radius 1 is 1.25 bits per heavy atom. The van der Waals surface area contributed by atoms with Gasteiger partial charge in [0.25, 0.3) is 5.91 Å². The van der Waals surface area contributed by atoms with Crippen LogP contribution in [0.5, 0.6) is 0 Å². The van der Waals surface area contributed by atoms with Crippen LogP contribution in [-0.4, -0.2) is 48.2 Å². The molecule has 28 heavy (non-hydrogen) atoms. The third-order valence-electron chi connectivity index (χ3n) is 4.87. The molecule has 0 saturated carbocycles. The quantitative estimate of drug-likeness (QED) is 0.716. The molecule has 4 heterocycles. The minimum atomic E-state index is -1.10. The van der Waals surface area contributed by atoms with E-state index in [1.807, 2.05) is 19.1 Å². The summed E-state index contributed by atoms with van der Waals surface area (Å²) in [5.74, 6) is -0.827. The summed E-state index contributed by atoms with van der Waals surface area (Å²) in [5.41, 5.74) is 2.66. The van der Waals surface area contributed by atoms with E-state index >= 15 is 0 Å². The number of carboxylic acids is 1. The lowest BCUT2D eigenvalue weighted by Gasteiger charge is -2.27. The SMILES string of the molecule is CCc1ocnc1C(=O)N1CCc2c(c(C(=O)O)nn2Cc2ccncc2)C1. The van der Waals surface area contributed by atoms with E-state index in [9.17, 15) is 14.7 Å². The number of oxazole rings is 1. The zero-order chi connectivity index (χ0) is 19.7. The highest BCUT2D eigenvalue weighted by Crippen LogP contribution is 2.25. The van der Waals surface area contributed by atoms with Crippen LogP contribution in [0.4, 0.5) is 0 Å². The molecule has 0 unspecified atom stereocenters. The molecule has 1 aliphatic heterocycles. The number of carbonyl (C=O) groups excluding carboxylic acids is 1. The third-order valence-corrected chi connectivity index (χ3v) is 4.87. The molecule has 144 valence electrons. The van der Waals surface area contributed by atoms with Crippen LogP contribution in [0.1, 0.15) is 50.5 Å². The molecule has 3 aromatic heterocycles. The number of aryl methyl sites for hydroxylation is 1. The maximum atomic E-state index is 12.9. The van der Waals surface area contributed by atoms with E-state index in [2.05, 4.69) is 15.1 Å². The second-order valence-corrected chi connectivity index (χ2v) is 6.55. The maximum Gasteiger partial charge on any atom is 0.356 e. The first-order chi connectivity index (χ1) is 13.6. The average Bonchev–Trinajstić information content (AvgIpc) is 3.33. The molecule has 0 bridgehead atoms. The number of carboxylic acid groups (broad SMARTS) is 1. The number of hydrogen-bond donors (Lipinski definition) is 1. The minimum absolute atomic E-state index is 0.0163. The van der Waals surface area contributed by atoms with Crippen molar-refractivity contribution in [2.45, 2.75) is 32.9 Å². The largest absolute Gasteiger partial charge is 0.476 e. The van der Waals surface area contributed by atoms with E-state index in [4.69, 9.17) is 4.42 Å². The Kier molecular flexibility index (Phi) is 4.64. The van der Waals surface area contributed by atoms with Crippen molar-refractivity contribution in [1.29, 1.82) is 0 Å². The van der Waals surface area contributed by atoms with Gasteiger partial charge in [-0.05, 0) is 17.7 Å². The van der Waals surface area contributed by atoms with Crippen molar-refractivity contribution in [2.75, 3.05) is 6.54 Å². The van der Waals surface area contributed by atoms with Crippen LogP contribution < -0.4 is 0 Å². The van der Waals surface area contributed by atoms with E-state index in [-0.39, 0.29) is 23.8 Å². The number of pyridine rings is 1. The summed E-state index contributed by atoms with van der Waals surface area (Å²) < 4.78 is 6.97. The molecule has 0 fully saturated rings. The molecule has 0 aliphatic carbocycles. The van der Waals surface area contributed by atoms with Gasteiger partial charge in [-0.15, -0.1) is 0 Å². The van der Waals surface area contributed by atoms with Gasteiger partial charge in [-0.1, -0.05) is 6.92 Å². The summed E-state index contributed by atoms with van der Waals surface area (Å²) in [7, 11) is 0. The monoisotopic (exact) mass is 381 g/mol. The molecule has 3 aromatic rings. The number of hydrogen-bond acceptors (Lipinski definition) is 6. The number of fused-ring (bicyclic) bond motifs is 1. The predicted molar refractivity (Wildman–Crippen MR) is 96.9 cm³/mol. The number of aromatic carboxylic acids is 1. The topological polar surface area (TPSA) is 114 Å². The van der Waals surface area contributed by atoms with E-state index < -0.39 is 5.97 Å². The van der Waals surface area contributed by atoms with Crippen molar-refractivity contribution in [2.24, 2.45) is 0 Å². The van der Waals surface area contributed by atoms with Crippen molar-refractivity contribution < 1.29 is 19.1 Å². The number of aromatic nitrogens is 4. The normalized spacial score (nSPS) is 13.4. The molecule has 0 atom stereocenters. The molecular formula is C19H19N5O4. The van der Waals surface area contributed by atoms with Crippen LogP contribution >= 0.6 is 0 Å². The maximum absolute atomic E-state index is 12.9. The molecule has 0 spiro atoms. The number of carbonyl (C=O) groups is 2. The average molecular weight is 381 g/mol. The van der Waals surface area contributed by atoms with Gasteiger partial charge < -0.3 is 14.4 Å². The zero-order valence-electron chi connectivity index (χ0n) is 15.3. The van der Waals surface area contributed by atoms with Crippen molar-refractivity contribution in [1.82, 2.24) is 24.6 Å². The van der Waals surface area contributed by atoms with E-state index in [1.165, 1.54) is 6.39 Å². The van der Waals surface area contributed by atoms with Crippen LogP contribution in [-0.2, 0) is 25.9 Å². The van der Waals surface area contributed by atoms with Gasteiger partial charge in [-0.2, -0.15) is 5.10 Å². The van der Waals surface area contributed by atoms with Gasteiger partial charge in [0.1, 0.15) is 5.76 Å². The second kappa shape index (κ2) is 7.26. The van der Waals surface area contributed by atoms with Gasteiger partial charge in [0, 0.05) is 43.0 Å². The first kappa shape index (κ1) is 17.9. The van der Waals surface area contributed by atoms with E-state index in [1.54, 1.807) is 22.0 Å². The third kappa shape index (κ3) is 3.15. The summed E-state index contributed by atoms with van der Waals surface area (Å²) in [6.07, 6.45) is 5.72. The number of rotatable bonds is 5. The standard InChI is InChI=1S/C19H19N5O4/c1-2-15-17(21-11-28-15)18(25)23-8-5-14-13(10-23)16(19(26)27)22-24(14)9-12-3-6-20-7-4-12/h3-4,6-7,11H,2,5,8-10H2,1H3,(H,26,27). The first-order valence-corrected chi connectivity index (χ1v) is 9.00. The highest BCUT2D eigenvalue weighted by Gasteiger charge is 2.32. The fourth-order valence-electron chi connectivity index (χ4n) is 3.47. The molecule has 1 aliphatic rings. The Balaban J connectivity index is 1.64. The Hall–Kier alpha value is -3.49. The molecule has 4 rings (SSSR count). The summed E-state index contributed by atoms with van der Waals surface area (Å²) in [4.78, 5) is 34.2. The van der Waals surface area contributed by atoms with E-state index in [0.29, 0.717) is 37.3 Å². The second-order valence-electron chi connectivity index (χ2n) is 6.55. The lowest BCUT2D eigenvalue weighted by Crippen LogP contribution is -2.37. The highest BCUT2D eigenvalue weighted by molar-refractivity contribution is 5.94. The van der Waals surface area contributed by atoms with Crippen LogP contribution in [0, 0.1) is 0 Å². The van der Waals surface area contributed by atoms with E-state index in [0.717, 1.165) is 11.3 Å². The van der Waals surface area contributed by atoms with Crippen molar-refractivity contribution in [3.63, 3.8) is 0 Å². The van der Waals surface area contributed by atoms with Gasteiger partial charge >= 0.3 is 5.97 Å². The van der Waals surface area contributed by atoms with Gasteiger partial charge in [-0.25, -0.2) is 9.78 Å². The van der Waals surface area contributed by atoms with Crippen LogP contribution in [0.2, 0.25) is 0 Å². The Morgan fingerprint density at radius 2 is 2.04 bits per heavy atom. The molecule has 9 heteroatoms. The summed E-state index contributed by atoms with van der Waals surface area (Å²) in [6, 6.07) is 3.73.